The molecular weight excluding hydrogens is 482 g/mol. The Labute approximate surface area is 180 Å². The number of rotatable bonds is 6. The van der Waals surface area contributed by atoms with E-state index in [1.165, 1.54) is 17.7 Å². The Morgan fingerprint density at radius 2 is 1.79 bits per heavy atom. The van der Waals surface area contributed by atoms with Gasteiger partial charge in [0.05, 0.1) is 17.8 Å². The number of halogens is 4. The number of aryl methyl sites for hydroxylation is 2. The molecule has 9 heteroatoms. The van der Waals surface area contributed by atoms with Crippen molar-refractivity contribution in [3.63, 3.8) is 0 Å². The predicted molar refractivity (Wildman–Crippen MR) is 116 cm³/mol. The molecule has 1 aromatic carbocycles. The molecule has 0 fully saturated rings. The van der Waals surface area contributed by atoms with Gasteiger partial charge in [-0.25, -0.2) is 4.99 Å². The minimum Gasteiger partial charge on any atom is -0.357 e. The van der Waals surface area contributed by atoms with Crippen molar-refractivity contribution >= 4 is 29.9 Å². The fraction of sp³-hybridized carbons (Fsp3) is 0.474. The smallest absolute Gasteiger partial charge is 0.357 e. The van der Waals surface area contributed by atoms with Gasteiger partial charge in [-0.1, -0.05) is 12.1 Å². The summed E-state index contributed by atoms with van der Waals surface area (Å²) in [5.41, 5.74) is 3.44. The lowest BCUT2D eigenvalue weighted by atomic mass is 10.1. The summed E-state index contributed by atoms with van der Waals surface area (Å²) in [5, 5.41) is 10.8. The number of alkyl halides is 3. The highest BCUT2D eigenvalue weighted by Crippen LogP contribution is 2.29. The van der Waals surface area contributed by atoms with Crippen LogP contribution in [0.2, 0.25) is 0 Å². The van der Waals surface area contributed by atoms with Gasteiger partial charge in [-0.3, -0.25) is 4.68 Å². The molecule has 5 nitrogen and oxygen atoms in total. The molecule has 0 saturated heterocycles. The Hall–Kier alpha value is -1.78. The van der Waals surface area contributed by atoms with Crippen LogP contribution in [0.1, 0.15) is 35.0 Å². The van der Waals surface area contributed by atoms with Gasteiger partial charge in [0.15, 0.2) is 5.96 Å². The van der Waals surface area contributed by atoms with Crippen molar-refractivity contribution in [2.24, 2.45) is 12.0 Å². The van der Waals surface area contributed by atoms with Crippen LogP contribution in [0.15, 0.2) is 29.3 Å². The zero-order chi connectivity index (χ0) is 20.0. The van der Waals surface area contributed by atoms with Crippen LogP contribution in [0, 0.1) is 13.8 Å². The van der Waals surface area contributed by atoms with Crippen LogP contribution in [0.25, 0.3) is 0 Å². The van der Waals surface area contributed by atoms with Crippen molar-refractivity contribution in [3.05, 3.63) is 52.3 Å². The molecule has 0 radical (unpaired) electrons. The minimum atomic E-state index is -4.32. The van der Waals surface area contributed by atoms with Gasteiger partial charge in [0.2, 0.25) is 0 Å². The molecular formula is C19H27F3IN5. The molecule has 28 heavy (non-hydrogen) atoms. The maximum Gasteiger partial charge on any atom is 0.416 e. The number of benzene rings is 1. The summed E-state index contributed by atoms with van der Waals surface area (Å²) >= 11 is 0. The highest BCUT2D eigenvalue weighted by atomic mass is 127. The topological polar surface area (TPSA) is 54.2 Å². The Bertz CT molecular complexity index is 782. The molecule has 0 aliphatic heterocycles. The zero-order valence-electron chi connectivity index (χ0n) is 16.5. The van der Waals surface area contributed by atoms with Crippen molar-refractivity contribution in [1.29, 1.82) is 0 Å². The summed E-state index contributed by atoms with van der Waals surface area (Å²) in [4.78, 5) is 4.45. The summed E-state index contributed by atoms with van der Waals surface area (Å²) < 4.78 is 39.7. The Kier molecular flexibility index (Phi) is 9.25. The standard InChI is InChI=1S/C19H26F3N5.HI/c1-5-23-18(24-11-10-17-13(2)26-27(4)14(17)3)25-12-15-6-8-16(9-7-15)19(20,21)22;/h6-9H,5,10-12H2,1-4H3,(H2,23,24,25);1H. The van der Waals surface area contributed by atoms with E-state index in [-0.39, 0.29) is 24.0 Å². The van der Waals surface area contributed by atoms with Crippen molar-refractivity contribution in [3.8, 4) is 0 Å². The van der Waals surface area contributed by atoms with E-state index < -0.39 is 11.7 Å². The Morgan fingerprint density at radius 3 is 2.29 bits per heavy atom. The molecule has 0 saturated carbocycles. The second-order valence-corrected chi connectivity index (χ2v) is 6.34. The second kappa shape index (κ2) is 10.7. The van der Waals surface area contributed by atoms with E-state index >= 15 is 0 Å². The van der Waals surface area contributed by atoms with Gasteiger partial charge in [0, 0.05) is 25.8 Å². The fourth-order valence-corrected chi connectivity index (χ4v) is 2.80. The van der Waals surface area contributed by atoms with E-state index in [0.29, 0.717) is 25.6 Å². The average molecular weight is 509 g/mol. The Morgan fingerprint density at radius 1 is 1.14 bits per heavy atom. The van der Waals surface area contributed by atoms with Gasteiger partial charge in [0.25, 0.3) is 0 Å². The van der Waals surface area contributed by atoms with E-state index in [0.717, 1.165) is 35.5 Å². The Balaban J connectivity index is 0.00000392. The minimum absolute atomic E-state index is 0. The van der Waals surface area contributed by atoms with E-state index in [1.807, 2.05) is 32.5 Å². The maximum absolute atomic E-state index is 12.6. The van der Waals surface area contributed by atoms with Gasteiger partial charge in [-0.2, -0.15) is 18.3 Å². The van der Waals surface area contributed by atoms with Crippen molar-refractivity contribution < 1.29 is 13.2 Å². The van der Waals surface area contributed by atoms with Crippen molar-refractivity contribution in [2.45, 2.75) is 39.9 Å². The molecule has 0 bridgehead atoms. The third-order valence-corrected chi connectivity index (χ3v) is 4.37. The van der Waals surface area contributed by atoms with E-state index in [4.69, 9.17) is 0 Å². The molecule has 2 aromatic rings. The fourth-order valence-electron chi connectivity index (χ4n) is 2.80. The quantitative estimate of drug-likeness (QED) is 0.352. The number of nitrogens with zero attached hydrogens (tertiary/aromatic N) is 3. The molecule has 0 atom stereocenters. The summed E-state index contributed by atoms with van der Waals surface area (Å²) in [5.74, 6) is 0.636. The number of guanidine groups is 1. The monoisotopic (exact) mass is 509 g/mol. The molecule has 1 aromatic heterocycles. The van der Waals surface area contributed by atoms with Crippen LogP contribution in [0.4, 0.5) is 13.2 Å². The average Bonchev–Trinajstić information content (AvgIpc) is 2.85. The van der Waals surface area contributed by atoms with E-state index in [1.54, 1.807) is 0 Å². The van der Waals surface area contributed by atoms with Crippen molar-refractivity contribution in [1.82, 2.24) is 20.4 Å². The highest BCUT2D eigenvalue weighted by molar-refractivity contribution is 14.0. The van der Waals surface area contributed by atoms with E-state index in [9.17, 15) is 13.2 Å². The molecule has 0 amide bonds. The third-order valence-electron chi connectivity index (χ3n) is 4.37. The largest absolute Gasteiger partial charge is 0.416 e. The molecule has 0 aliphatic rings. The summed E-state index contributed by atoms with van der Waals surface area (Å²) in [6.45, 7) is 7.69. The molecule has 2 N–H and O–H groups in total. The van der Waals surface area contributed by atoms with Crippen LogP contribution >= 0.6 is 24.0 Å². The zero-order valence-corrected chi connectivity index (χ0v) is 18.9. The van der Waals surface area contributed by atoms with Gasteiger partial charge in [-0.15, -0.1) is 24.0 Å². The molecule has 2 rings (SSSR count). The second-order valence-electron chi connectivity index (χ2n) is 6.34. The maximum atomic E-state index is 12.6. The lowest BCUT2D eigenvalue weighted by Gasteiger charge is -2.12. The van der Waals surface area contributed by atoms with Crippen LogP contribution in [0.3, 0.4) is 0 Å². The SMILES string of the molecule is CCNC(=NCc1ccc(C(F)(F)F)cc1)NCCc1c(C)nn(C)c1C.I. The van der Waals surface area contributed by atoms with Crippen LogP contribution in [-0.2, 0) is 26.2 Å². The summed E-state index contributed by atoms with van der Waals surface area (Å²) in [6.07, 6.45) is -3.50. The van der Waals surface area contributed by atoms with Crippen LogP contribution < -0.4 is 10.6 Å². The summed E-state index contributed by atoms with van der Waals surface area (Å²) in [7, 11) is 1.93. The normalized spacial score (nSPS) is 11.9. The first-order valence-electron chi connectivity index (χ1n) is 8.89. The lowest BCUT2D eigenvalue weighted by molar-refractivity contribution is -0.137. The number of aromatic nitrogens is 2. The van der Waals surface area contributed by atoms with Crippen LogP contribution in [-0.4, -0.2) is 28.8 Å². The first-order valence-corrected chi connectivity index (χ1v) is 8.89. The summed E-state index contributed by atoms with van der Waals surface area (Å²) in [6, 6.07) is 5.08. The number of hydrogen-bond acceptors (Lipinski definition) is 2. The van der Waals surface area contributed by atoms with Gasteiger partial charge < -0.3 is 10.6 Å². The van der Waals surface area contributed by atoms with Gasteiger partial charge >= 0.3 is 6.18 Å². The van der Waals surface area contributed by atoms with E-state index in [2.05, 4.69) is 20.7 Å². The molecule has 0 unspecified atom stereocenters. The third kappa shape index (κ3) is 6.68. The van der Waals surface area contributed by atoms with Gasteiger partial charge in [0.1, 0.15) is 0 Å². The first-order chi connectivity index (χ1) is 12.7. The molecule has 1 heterocycles. The first kappa shape index (κ1) is 24.3. The number of aliphatic imine (C=N–C) groups is 1. The lowest BCUT2D eigenvalue weighted by Crippen LogP contribution is -2.38. The highest BCUT2D eigenvalue weighted by Gasteiger charge is 2.29. The molecule has 156 valence electrons. The van der Waals surface area contributed by atoms with Crippen LogP contribution in [0.5, 0.6) is 0 Å². The van der Waals surface area contributed by atoms with Crippen molar-refractivity contribution in [2.75, 3.05) is 13.1 Å². The molecule has 0 aliphatic carbocycles. The predicted octanol–water partition coefficient (Wildman–Crippen LogP) is 3.97. The van der Waals surface area contributed by atoms with Gasteiger partial charge in [-0.05, 0) is 50.5 Å². The molecule has 0 spiro atoms. The number of nitrogens with one attached hydrogen (secondary N) is 2. The number of hydrogen-bond donors (Lipinski definition) is 2.